The smallest absolute Gasteiger partial charge is 0.122 e. The third kappa shape index (κ3) is 10.4. The average molecular weight is 564 g/mol. The lowest BCUT2D eigenvalue weighted by Gasteiger charge is -2.35. The number of β-amino-alcohol motifs (C(OH)–C–C–N with tert-alkyl or cyclic N) is 1. The van der Waals surface area contributed by atoms with Gasteiger partial charge in [0.1, 0.15) is 36.6 Å². The van der Waals surface area contributed by atoms with E-state index in [1.807, 2.05) is 60.7 Å². The summed E-state index contributed by atoms with van der Waals surface area (Å²) >= 11 is 0. The van der Waals surface area contributed by atoms with E-state index in [1.54, 1.807) is 7.11 Å². The highest BCUT2D eigenvalue weighted by Crippen LogP contribution is 2.22. The number of aliphatic hydroxyl groups excluding tert-OH is 1. The molecule has 0 bridgehead atoms. The fourth-order valence-corrected chi connectivity index (χ4v) is 4.50. The van der Waals surface area contributed by atoms with Gasteiger partial charge in [0.05, 0.1) is 7.11 Å². The van der Waals surface area contributed by atoms with Gasteiger partial charge in [-0.2, -0.15) is 0 Å². The number of halogens is 2. The quantitative estimate of drug-likeness (QED) is 0.324. The molecule has 4 rings (SSSR count). The van der Waals surface area contributed by atoms with Crippen LogP contribution < -0.4 is 14.2 Å². The first-order valence-electron chi connectivity index (χ1n) is 12.8. The molecular weight excluding hydrogens is 523 g/mol. The molecule has 1 aliphatic heterocycles. The molecule has 3 aromatic rings. The Labute approximate surface area is 239 Å². The Bertz CT molecular complexity index is 1050. The monoisotopic (exact) mass is 562 g/mol. The molecule has 38 heavy (non-hydrogen) atoms. The number of benzene rings is 3. The molecule has 1 heterocycles. The van der Waals surface area contributed by atoms with Gasteiger partial charge in [-0.05, 0) is 54.3 Å². The van der Waals surface area contributed by atoms with Crippen molar-refractivity contribution in [3.63, 3.8) is 0 Å². The second-order valence-corrected chi connectivity index (χ2v) is 9.23. The number of aryl methyl sites for hydroxylation is 2. The molecule has 1 N–H and O–H groups in total. The van der Waals surface area contributed by atoms with Crippen molar-refractivity contribution in [1.82, 2.24) is 9.80 Å². The number of rotatable bonds is 13. The summed E-state index contributed by atoms with van der Waals surface area (Å²) in [7, 11) is 1.69. The van der Waals surface area contributed by atoms with Gasteiger partial charge in [0, 0.05) is 39.3 Å². The third-order valence-electron chi connectivity index (χ3n) is 6.57. The molecule has 1 atom stereocenters. The van der Waals surface area contributed by atoms with E-state index in [2.05, 4.69) is 28.0 Å². The van der Waals surface area contributed by atoms with E-state index in [-0.39, 0.29) is 24.8 Å². The van der Waals surface area contributed by atoms with Gasteiger partial charge < -0.3 is 19.3 Å². The van der Waals surface area contributed by atoms with Crippen LogP contribution in [0.3, 0.4) is 0 Å². The Hall–Kier alpha value is -2.48. The second-order valence-electron chi connectivity index (χ2n) is 9.23. The van der Waals surface area contributed by atoms with E-state index in [9.17, 15) is 5.11 Å². The first-order valence-corrected chi connectivity index (χ1v) is 12.8. The molecule has 6 nitrogen and oxygen atoms in total. The van der Waals surface area contributed by atoms with Gasteiger partial charge in [0.15, 0.2) is 0 Å². The molecule has 1 saturated heterocycles. The largest absolute Gasteiger partial charge is 0.497 e. The lowest BCUT2D eigenvalue weighted by Crippen LogP contribution is -2.50. The highest BCUT2D eigenvalue weighted by atomic mass is 35.5. The maximum Gasteiger partial charge on any atom is 0.122 e. The van der Waals surface area contributed by atoms with Crippen molar-refractivity contribution in [1.29, 1.82) is 0 Å². The van der Waals surface area contributed by atoms with Gasteiger partial charge in [-0.1, -0.05) is 48.5 Å². The summed E-state index contributed by atoms with van der Waals surface area (Å²) in [6, 6.07) is 26.2. The molecule has 1 aliphatic rings. The van der Waals surface area contributed by atoms with Crippen LogP contribution in [0.4, 0.5) is 0 Å². The number of hydrogen-bond acceptors (Lipinski definition) is 6. The molecular formula is C30H40Cl2N2O4. The van der Waals surface area contributed by atoms with Crippen LogP contribution in [0.5, 0.6) is 17.2 Å². The first kappa shape index (κ1) is 31.7. The van der Waals surface area contributed by atoms with Crippen molar-refractivity contribution in [3.05, 3.63) is 90.0 Å². The zero-order valence-electron chi connectivity index (χ0n) is 22.0. The lowest BCUT2D eigenvalue weighted by molar-refractivity contribution is 0.0434. The number of nitrogens with zero attached hydrogens (tertiary/aromatic N) is 2. The molecule has 1 unspecified atom stereocenters. The van der Waals surface area contributed by atoms with Crippen LogP contribution in [0.25, 0.3) is 0 Å². The van der Waals surface area contributed by atoms with Gasteiger partial charge in [0.25, 0.3) is 0 Å². The summed E-state index contributed by atoms with van der Waals surface area (Å²) in [5.74, 6) is 2.64. The fourth-order valence-electron chi connectivity index (χ4n) is 4.50. The van der Waals surface area contributed by atoms with Gasteiger partial charge >= 0.3 is 0 Å². The van der Waals surface area contributed by atoms with E-state index in [1.165, 1.54) is 5.56 Å². The first-order chi connectivity index (χ1) is 17.7. The number of para-hydroxylation sites is 2. The zero-order valence-corrected chi connectivity index (χ0v) is 23.7. The maximum atomic E-state index is 10.6. The number of piperazine rings is 1. The van der Waals surface area contributed by atoms with E-state index in [4.69, 9.17) is 14.2 Å². The van der Waals surface area contributed by atoms with Crippen molar-refractivity contribution in [2.75, 3.05) is 59.6 Å². The molecule has 0 spiro atoms. The second kappa shape index (κ2) is 17.2. The SMILES string of the molecule is COc1cccc(CCc2ccccc2OCC(O)CN2CCN(CCOc3ccccc3)CC2)c1.Cl.Cl. The zero-order chi connectivity index (χ0) is 25.0. The molecule has 0 aliphatic carbocycles. The van der Waals surface area contributed by atoms with Crippen molar-refractivity contribution in [2.24, 2.45) is 0 Å². The number of hydrogen-bond donors (Lipinski definition) is 1. The van der Waals surface area contributed by atoms with Crippen molar-refractivity contribution >= 4 is 24.8 Å². The van der Waals surface area contributed by atoms with Gasteiger partial charge in [-0.25, -0.2) is 0 Å². The molecule has 0 saturated carbocycles. The molecule has 0 radical (unpaired) electrons. The van der Waals surface area contributed by atoms with Crippen LogP contribution in [0.2, 0.25) is 0 Å². The standard InChI is InChI=1S/C30H38N2O4.2ClH/c1-34-29-12-7-8-25(22-29)14-15-26-9-5-6-13-30(26)36-24-27(33)23-32-18-16-31(17-19-32)20-21-35-28-10-3-2-4-11-28;;/h2-13,22,27,33H,14-21,23-24H2,1H3;2*1H. The van der Waals surface area contributed by atoms with E-state index >= 15 is 0 Å². The molecule has 0 aromatic heterocycles. The molecule has 1 fully saturated rings. The maximum absolute atomic E-state index is 10.6. The Morgan fingerprint density at radius 3 is 2.21 bits per heavy atom. The molecule has 208 valence electrons. The summed E-state index contributed by atoms with van der Waals surface area (Å²) in [5, 5.41) is 10.6. The van der Waals surface area contributed by atoms with Crippen LogP contribution in [-0.2, 0) is 12.8 Å². The Morgan fingerprint density at radius 2 is 1.45 bits per heavy atom. The van der Waals surface area contributed by atoms with Crippen LogP contribution in [0.15, 0.2) is 78.9 Å². The number of methoxy groups -OCH3 is 1. The minimum atomic E-state index is -0.524. The van der Waals surface area contributed by atoms with E-state index < -0.39 is 6.10 Å². The third-order valence-corrected chi connectivity index (χ3v) is 6.57. The molecule has 3 aromatic carbocycles. The van der Waals surface area contributed by atoms with Crippen LogP contribution in [-0.4, -0.2) is 80.6 Å². The van der Waals surface area contributed by atoms with Gasteiger partial charge in [0.2, 0.25) is 0 Å². The molecule has 8 heteroatoms. The van der Waals surface area contributed by atoms with Crippen molar-refractivity contribution in [3.8, 4) is 17.2 Å². The van der Waals surface area contributed by atoms with Gasteiger partial charge in [-0.15, -0.1) is 24.8 Å². The summed E-state index contributed by atoms with van der Waals surface area (Å²) < 4.78 is 17.2. The summed E-state index contributed by atoms with van der Waals surface area (Å²) in [6.07, 6.45) is 1.25. The Kier molecular flexibility index (Phi) is 14.3. The van der Waals surface area contributed by atoms with Gasteiger partial charge in [-0.3, -0.25) is 9.80 Å². The van der Waals surface area contributed by atoms with E-state index in [0.717, 1.165) is 68.4 Å². The highest BCUT2D eigenvalue weighted by molar-refractivity contribution is 5.85. The number of aliphatic hydroxyl groups is 1. The minimum absolute atomic E-state index is 0. The van der Waals surface area contributed by atoms with Crippen LogP contribution in [0, 0.1) is 0 Å². The summed E-state index contributed by atoms with van der Waals surface area (Å²) in [5.41, 5.74) is 2.38. The summed E-state index contributed by atoms with van der Waals surface area (Å²) in [4.78, 5) is 4.73. The van der Waals surface area contributed by atoms with Crippen LogP contribution in [0.1, 0.15) is 11.1 Å². The summed E-state index contributed by atoms with van der Waals surface area (Å²) in [6.45, 7) is 6.39. The average Bonchev–Trinajstić information content (AvgIpc) is 2.93. The Balaban J connectivity index is 0.00000253. The Morgan fingerprint density at radius 1 is 0.763 bits per heavy atom. The molecule has 0 amide bonds. The van der Waals surface area contributed by atoms with Crippen molar-refractivity contribution in [2.45, 2.75) is 18.9 Å². The normalized spacial score (nSPS) is 14.6. The predicted octanol–water partition coefficient (Wildman–Crippen LogP) is 4.76. The van der Waals surface area contributed by atoms with E-state index in [0.29, 0.717) is 19.8 Å². The van der Waals surface area contributed by atoms with Crippen LogP contribution >= 0.6 is 24.8 Å². The van der Waals surface area contributed by atoms with Crippen molar-refractivity contribution < 1.29 is 19.3 Å². The fraction of sp³-hybridized carbons (Fsp3) is 0.400. The highest BCUT2D eigenvalue weighted by Gasteiger charge is 2.19. The topological polar surface area (TPSA) is 54.4 Å². The predicted molar refractivity (Wildman–Crippen MR) is 158 cm³/mol. The number of ether oxygens (including phenoxy) is 3. The minimum Gasteiger partial charge on any atom is -0.497 e. The lowest BCUT2D eigenvalue weighted by atomic mass is 10.0.